The van der Waals surface area contributed by atoms with Crippen LogP contribution in [0.4, 0.5) is 18.9 Å². The van der Waals surface area contributed by atoms with Crippen LogP contribution >= 0.6 is 0 Å². The van der Waals surface area contributed by atoms with E-state index in [4.69, 9.17) is 9.47 Å². The quantitative estimate of drug-likeness (QED) is 0.657. The first-order chi connectivity index (χ1) is 16.2. The standard InChI is InChI=1S/C25H21F3N2O4/c1-13-21(24(32)30-16-5-2-4-15(11-16)25(26,27)28)22(23-17(29-13)6-3-7-18(23)31)14-8-9-19-20(10-14)34-12-33-19/h2,4-5,8-11,22,29H,3,6-7,12H2,1H3,(H,30,32)/t22-/m1/s1. The van der Waals surface area contributed by atoms with E-state index in [1.807, 2.05) is 0 Å². The molecule has 2 aromatic rings. The van der Waals surface area contributed by atoms with Gasteiger partial charge in [0.25, 0.3) is 5.91 Å². The zero-order chi connectivity index (χ0) is 24.0. The van der Waals surface area contributed by atoms with Crippen molar-refractivity contribution in [3.8, 4) is 11.5 Å². The maximum atomic E-state index is 13.5. The molecule has 1 aliphatic carbocycles. The van der Waals surface area contributed by atoms with Crippen LogP contribution in [0.5, 0.6) is 11.5 Å². The average molecular weight is 470 g/mol. The number of rotatable bonds is 3. The molecule has 0 fully saturated rings. The minimum Gasteiger partial charge on any atom is -0.454 e. The second-order valence-electron chi connectivity index (χ2n) is 8.41. The maximum absolute atomic E-state index is 13.5. The number of nitrogens with one attached hydrogen (secondary N) is 2. The van der Waals surface area contributed by atoms with Crippen LogP contribution in [0.25, 0.3) is 0 Å². The number of alkyl halides is 3. The highest BCUT2D eigenvalue weighted by Gasteiger charge is 2.39. The summed E-state index contributed by atoms with van der Waals surface area (Å²) in [5.41, 5.74) is 1.90. The van der Waals surface area contributed by atoms with Crippen molar-refractivity contribution in [3.63, 3.8) is 0 Å². The van der Waals surface area contributed by atoms with E-state index >= 15 is 0 Å². The van der Waals surface area contributed by atoms with E-state index in [1.54, 1.807) is 25.1 Å². The van der Waals surface area contributed by atoms with Gasteiger partial charge >= 0.3 is 6.18 Å². The molecule has 0 radical (unpaired) electrons. The van der Waals surface area contributed by atoms with E-state index in [1.165, 1.54) is 12.1 Å². The minimum atomic E-state index is -4.54. The first-order valence-electron chi connectivity index (χ1n) is 10.8. The summed E-state index contributed by atoms with van der Waals surface area (Å²) < 4.78 is 50.3. The number of anilines is 1. The minimum absolute atomic E-state index is 0.0132. The van der Waals surface area contributed by atoms with Crippen molar-refractivity contribution in [1.29, 1.82) is 0 Å². The summed E-state index contributed by atoms with van der Waals surface area (Å²) in [6, 6.07) is 9.71. The Bertz CT molecular complexity index is 1260. The normalized spacial score (nSPS) is 19.6. The number of amides is 1. The average Bonchev–Trinajstić information content (AvgIpc) is 3.26. The van der Waals surface area contributed by atoms with Crippen LogP contribution in [0.2, 0.25) is 0 Å². The zero-order valence-corrected chi connectivity index (χ0v) is 18.2. The molecule has 2 aliphatic heterocycles. The van der Waals surface area contributed by atoms with Gasteiger partial charge in [0.05, 0.1) is 5.56 Å². The van der Waals surface area contributed by atoms with E-state index in [0.29, 0.717) is 47.6 Å². The molecule has 6 nitrogen and oxygen atoms in total. The van der Waals surface area contributed by atoms with Crippen molar-refractivity contribution >= 4 is 17.4 Å². The molecule has 0 saturated carbocycles. The van der Waals surface area contributed by atoms with Crippen molar-refractivity contribution in [2.24, 2.45) is 0 Å². The largest absolute Gasteiger partial charge is 0.454 e. The Hall–Kier alpha value is -3.75. The van der Waals surface area contributed by atoms with Crippen LogP contribution in [0.1, 0.15) is 43.2 Å². The van der Waals surface area contributed by atoms with Crippen LogP contribution < -0.4 is 20.1 Å². The fraction of sp³-hybridized carbons (Fsp3) is 0.280. The van der Waals surface area contributed by atoms with Crippen LogP contribution in [0.15, 0.2) is 65.0 Å². The SMILES string of the molecule is CC1=C(C(=O)Nc2cccc(C(F)(F)F)c2)[C@@H](c2ccc3c(c2)OCO3)C2=C(CCCC2=O)N1. The molecule has 1 amide bonds. The smallest absolute Gasteiger partial charge is 0.416 e. The van der Waals surface area contributed by atoms with E-state index in [2.05, 4.69) is 10.6 Å². The van der Waals surface area contributed by atoms with Gasteiger partial charge in [-0.25, -0.2) is 0 Å². The van der Waals surface area contributed by atoms with Gasteiger partial charge < -0.3 is 20.1 Å². The van der Waals surface area contributed by atoms with Crippen molar-refractivity contribution in [3.05, 3.63) is 76.1 Å². The summed E-state index contributed by atoms with van der Waals surface area (Å²) in [4.78, 5) is 26.5. The second kappa shape index (κ2) is 8.23. The van der Waals surface area contributed by atoms with E-state index in [0.717, 1.165) is 17.8 Å². The lowest BCUT2D eigenvalue weighted by molar-refractivity contribution is -0.137. The van der Waals surface area contributed by atoms with Gasteiger partial charge in [0.15, 0.2) is 17.3 Å². The van der Waals surface area contributed by atoms with Crippen molar-refractivity contribution in [2.75, 3.05) is 12.1 Å². The second-order valence-corrected chi connectivity index (χ2v) is 8.41. The van der Waals surface area contributed by atoms with Gasteiger partial charge in [0, 0.05) is 40.6 Å². The van der Waals surface area contributed by atoms with Gasteiger partial charge in [-0.2, -0.15) is 13.2 Å². The van der Waals surface area contributed by atoms with Gasteiger partial charge in [-0.1, -0.05) is 12.1 Å². The van der Waals surface area contributed by atoms with Crippen LogP contribution in [-0.2, 0) is 15.8 Å². The molecular formula is C25H21F3N2O4. The predicted octanol–water partition coefficient (Wildman–Crippen LogP) is 5.04. The Morgan fingerprint density at radius 2 is 1.88 bits per heavy atom. The summed E-state index contributed by atoms with van der Waals surface area (Å²) in [6.45, 7) is 1.81. The van der Waals surface area contributed by atoms with Gasteiger partial charge in [-0.3, -0.25) is 9.59 Å². The summed E-state index contributed by atoms with van der Waals surface area (Å²) in [5, 5.41) is 5.79. The lowest BCUT2D eigenvalue weighted by Crippen LogP contribution is -2.35. The number of carbonyl (C=O) groups is 2. The molecule has 0 aromatic heterocycles. The molecule has 9 heteroatoms. The van der Waals surface area contributed by atoms with Gasteiger partial charge in [-0.05, 0) is 55.7 Å². The first-order valence-corrected chi connectivity index (χ1v) is 10.8. The van der Waals surface area contributed by atoms with Crippen molar-refractivity contribution in [2.45, 2.75) is 38.3 Å². The Morgan fingerprint density at radius 3 is 2.68 bits per heavy atom. The van der Waals surface area contributed by atoms with E-state index < -0.39 is 23.6 Å². The highest BCUT2D eigenvalue weighted by Crippen LogP contribution is 2.45. The zero-order valence-electron chi connectivity index (χ0n) is 18.2. The number of halogens is 3. The molecule has 2 N–H and O–H groups in total. The third-order valence-corrected chi connectivity index (χ3v) is 6.20. The number of benzene rings is 2. The Kier molecular flexibility index (Phi) is 5.34. The number of fused-ring (bicyclic) bond motifs is 1. The Balaban J connectivity index is 1.56. The molecule has 0 unspecified atom stereocenters. The lowest BCUT2D eigenvalue weighted by atomic mass is 9.75. The molecule has 5 rings (SSSR count). The Morgan fingerprint density at radius 1 is 1.09 bits per heavy atom. The highest BCUT2D eigenvalue weighted by molar-refractivity contribution is 6.09. The first kappa shape index (κ1) is 22.1. The molecule has 2 aromatic carbocycles. The van der Waals surface area contributed by atoms with Crippen LogP contribution in [0, 0.1) is 0 Å². The molecule has 1 atom stereocenters. The number of hydrogen-bond donors (Lipinski definition) is 2. The van der Waals surface area contributed by atoms with Crippen LogP contribution in [0.3, 0.4) is 0 Å². The molecule has 0 saturated heterocycles. The molecular weight excluding hydrogens is 449 g/mol. The topological polar surface area (TPSA) is 76.7 Å². The number of dihydropyridines is 1. The third kappa shape index (κ3) is 3.91. The number of carbonyl (C=O) groups excluding carboxylic acids is 2. The molecule has 3 aliphatic rings. The molecule has 0 bridgehead atoms. The van der Waals surface area contributed by atoms with Crippen molar-refractivity contribution in [1.82, 2.24) is 5.32 Å². The summed E-state index contributed by atoms with van der Waals surface area (Å²) in [7, 11) is 0. The van der Waals surface area contributed by atoms with E-state index in [9.17, 15) is 22.8 Å². The number of hydrogen-bond acceptors (Lipinski definition) is 5. The maximum Gasteiger partial charge on any atom is 0.416 e. The van der Waals surface area contributed by atoms with E-state index in [-0.39, 0.29) is 23.8 Å². The van der Waals surface area contributed by atoms with Gasteiger partial charge in [0.2, 0.25) is 6.79 Å². The molecule has 2 heterocycles. The van der Waals surface area contributed by atoms with Crippen LogP contribution in [-0.4, -0.2) is 18.5 Å². The predicted molar refractivity (Wildman–Crippen MR) is 117 cm³/mol. The fourth-order valence-electron chi connectivity index (χ4n) is 4.68. The van der Waals surface area contributed by atoms with Gasteiger partial charge in [-0.15, -0.1) is 0 Å². The lowest BCUT2D eigenvalue weighted by Gasteiger charge is -2.34. The van der Waals surface area contributed by atoms with Gasteiger partial charge in [0.1, 0.15) is 0 Å². The molecule has 0 spiro atoms. The number of Topliss-reactive ketones (excluding diaryl/α,β-unsaturated/α-hetero) is 1. The summed E-state index contributed by atoms with van der Waals surface area (Å²) in [5.74, 6) is -0.260. The number of allylic oxidation sites excluding steroid dienone is 3. The fourth-order valence-corrected chi connectivity index (χ4v) is 4.68. The third-order valence-electron chi connectivity index (χ3n) is 6.20. The monoisotopic (exact) mass is 470 g/mol. The molecule has 34 heavy (non-hydrogen) atoms. The Labute approximate surface area is 193 Å². The number of ketones is 1. The highest BCUT2D eigenvalue weighted by atomic mass is 19.4. The summed E-state index contributed by atoms with van der Waals surface area (Å²) >= 11 is 0. The van der Waals surface area contributed by atoms with Crippen molar-refractivity contribution < 1.29 is 32.2 Å². The summed E-state index contributed by atoms with van der Waals surface area (Å²) in [6.07, 6.45) is -2.80. The number of ether oxygens (including phenoxy) is 2. The molecule has 176 valence electrons.